The van der Waals surface area contributed by atoms with Crippen LogP contribution in [0.25, 0.3) is 0 Å². The molecule has 0 bridgehead atoms. The zero-order chi connectivity index (χ0) is 26.4. The van der Waals surface area contributed by atoms with Gasteiger partial charge in [0, 0.05) is 47.8 Å². The third-order valence-electron chi connectivity index (χ3n) is 5.38. The highest BCUT2D eigenvalue weighted by atomic mass is 16.6. The topological polar surface area (TPSA) is 151 Å². The van der Waals surface area contributed by atoms with Crippen LogP contribution in [0.15, 0.2) is 94.9 Å². The van der Waals surface area contributed by atoms with Crippen molar-refractivity contribution in [3.05, 3.63) is 127 Å². The lowest BCUT2D eigenvalue weighted by molar-refractivity contribution is -0.385. The number of phenols is 2. The summed E-state index contributed by atoms with van der Waals surface area (Å²) in [6.45, 7) is 0. The Kier molecular flexibility index (Phi) is 7.29. The summed E-state index contributed by atoms with van der Waals surface area (Å²) in [7, 11) is 0. The molecule has 0 aliphatic heterocycles. The van der Waals surface area contributed by atoms with E-state index in [9.17, 15) is 30.4 Å². The van der Waals surface area contributed by atoms with Crippen molar-refractivity contribution in [2.24, 2.45) is 9.98 Å². The summed E-state index contributed by atoms with van der Waals surface area (Å²) in [5.74, 6) is 0.0156. The van der Waals surface area contributed by atoms with Gasteiger partial charge in [-0.15, -0.1) is 0 Å². The van der Waals surface area contributed by atoms with Crippen LogP contribution in [-0.4, -0.2) is 32.5 Å². The Balaban J connectivity index is 1.54. The molecule has 0 amide bonds. The predicted molar refractivity (Wildman–Crippen MR) is 140 cm³/mol. The molecule has 2 N–H and O–H groups in total. The molecule has 0 radical (unpaired) electrons. The molecule has 0 aliphatic rings. The van der Waals surface area contributed by atoms with Crippen molar-refractivity contribution in [3.63, 3.8) is 0 Å². The van der Waals surface area contributed by atoms with Crippen LogP contribution in [0.5, 0.6) is 11.5 Å². The van der Waals surface area contributed by atoms with Crippen LogP contribution in [0, 0.1) is 20.2 Å². The lowest BCUT2D eigenvalue weighted by Gasteiger charge is -2.07. The molecule has 184 valence electrons. The van der Waals surface area contributed by atoms with E-state index in [1.54, 1.807) is 36.4 Å². The summed E-state index contributed by atoms with van der Waals surface area (Å²) in [5, 5.41) is 42.4. The number of hydrogen-bond acceptors (Lipinski definition) is 8. The number of benzene rings is 4. The number of hydrogen-bond donors (Lipinski definition) is 2. The molecule has 0 aliphatic carbocycles. The minimum Gasteiger partial charge on any atom is -0.507 e. The van der Waals surface area contributed by atoms with Crippen LogP contribution in [0.2, 0.25) is 0 Å². The van der Waals surface area contributed by atoms with Gasteiger partial charge in [-0.2, -0.15) is 0 Å². The molecule has 37 heavy (non-hydrogen) atoms. The monoisotopic (exact) mass is 496 g/mol. The number of phenolic OH excluding ortho intramolecular Hbond substituents is 2. The smallest absolute Gasteiger partial charge is 0.271 e. The van der Waals surface area contributed by atoms with E-state index in [1.165, 1.54) is 61.0 Å². The van der Waals surface area contributed by atoms with E-state index >= 15 is 0 Å². The third-order valence-corrected chi connectivity index (χ3v) is 5.38. The minimum absolute atomic E-state index is 0.00779. The molecule has 4 aromatic carbocycles. The van der Waals surface area contributed by atoms with Gasteiger partial charge in [-0.1, -0.05) is 24.3 Å². The Hall–Kier alpha value is -5.38. The van der Waals surface area contributed by atoms with Gasteiger partial charge < -0.3 is 10.2 Å². The fraction of sp³-hybridized carbons (Fsp3) is 0.0370. The molecule has 10 heteroatoms. The van der Waals surface area contributed by atoms with Gasteiger partial charge in [0.05, 0.1) is 21.2 Å². The lowest BCUT2D eigenvalue weighted by atomic mass is 10.0. The zero-order valence-corrected chi connectivity index (χ0v) is 19.3. The van der Waals surface area contributed by atoms with Crippen molar-refractivity contribution < 1.29 is 20.1 Å². The second-order valence-electron chi connectivity index (χ2n) is 8.03. The van der Waals surface area contributed by atoms with E-state index < -0.39 is 9.85 Å². The molecule has 0 aromatic heterocycles. The van der Waals surface area contributed by atoms with Crippen molar-refractivity contribution >= 4 is 35.2 Å². The Morgan fingerprint density at radius 3 is 1.49 bits per heavy atom. The highest BCUT2D eigenvalue weighted by molar-refractivity contribution is 5.86. The van der Waals surface area contributed by atoms with Crippen molar-refractivity contribution in [3.8, 4) is 11.5 Å². The summed E-state index contributed by atoms with van der Waals surface area (Å²) in [4.78, 5) is 29.4. The van der Waals surface area contributed by atoms with Crippen LogP contribution in [0.1, 0.15) is 22.3 Å². The fourth-order valence-electron chi connectivity index (χ4n) is 3.53. The molecule has 0 atom stereocenters. The second kappa shape index (κ2) is 10.9. The zero-order valence-electron chi connectivity index (χ0n) is 19.3. The molecule has 0 saturated heterocycles. The van der Waals surface area contributed by atoms with E-state index in [2.05, 4.69) is 9.98 Å². The van der Waals surface area contributed by atoms with Gasteiger partial charge in [0.2, 0.25) is 0 Å². The first-order valence-corrected chi connectivity index (χ1v) is 11.0. The number of nitro benzene ring substituents is 2. The molecule has 0 spiro atoms. The Labute approximate surface area is 210 Å². The summed E-state index contributed by atoms with van der Waals surface area (Å²) < 4.78 is 0. The van der Waals surface area contributed by atoms with E-state index in [4.69, 9.17) is 0 Å². The largest absolute Gasteiger partial charge is 0.507 e. The quantitative estimate of drug-likeness (QED) is 0.173. The lowest BCUT2D eigenvalue weighted by Crippen LogP contribution is -1.93. The average Bonchev–Trinajstić information content (AvgIpc) is 2.89. The first kappa shape index (κ1) is 24.7. The standard InChI is InChI=1S/C27H20N4O6/c32-26-9-7-18(12-20(26)16-28-22-3-1-5-24(14-22)30(34)35)11-19-8-10-27(33)21(13-19)17-29-23-4-2-6-25(15-23)31(36)37/h1-10,12-17,32-33H,11H2. The van der Waals surface area contributed by atoms with Crippen molar-refractivity contribution in [1.82, 2.24) is 0 Å². The van der Waals surface area contributed by atoms with Gasteiger partial charge in [0.1, 0.15) is 11.5 Å². The highest BCUT2D eigenvalue weighted by Gasteiger charge is 2.08. The predicted octanol–water partition coefficient (Wildman–Crippen LogP) is 6.01. The molecule has 0 unspecified atom stereocenters. The number of nitro groups is 2. The molecule has 4 rings (SSSR count). The third kappa shape index (κ3) is 6.40. The summed E-state index contributed by atoms with van der Waals surface area (Å²) in [6, 6.07) is 21.8. The Morgan fingerprint density at radius 1 is 0.649 bits per heavy atom. The minimum atomic E-state index is -0.503. The van der Waals surface area contributed by atoms with Crippen LogP contribution in [0.4, 0.5) is 22.7 Å². The summed E-state index contributed by atoms with van der Waals surface area (Å²) >= 11 is 0. The van der Waals surface area contributed by atoms with Gasteiger partial charge in [-0.05, 0) is 53.9 Å². The number of nitrogens with zero attached hydrogens (tertiary/aromatic N) is 4. The Morgan fingerprint density at radius 2 is 1.08 bits per heavy atom. The fourth-order valence-corrected chi connectivity index (χ4v) is 3.53. The SMILES string of the molecule is O=[N+]([O-])c1cccc(N=Cc2cc(Cc3ccc(O)c(C=Nc4cccc([N+](=O)[O-])c4)c3)ccc2O)c1. The van der Waals surface area contributed by atoms with Crippen LogP contribution < -0.4 is 0 Å². The van der Waals surface area contributed by atoms with Gasteiger partial charge >= 0.3 is 0 Å². The Bertz CT molecular complexity index is 1430. The second-order valence-corrected chi connectivity index (χ2v) is 8.03. The van der Waals surface area contributed by atoms with Crippen molar-refractivity contribution in [2.45, 2.75) is 6.42 Å². The van der Waals surface area contributed by atoms with Crippen LogP contribution >= 0.6 is 0 Å². The van der Waals surface area contributed by atoms with E-state index in [1.807, 2.05) is 0 Å². The van der Waals surface area contributed by atoms with Crippen molar-refractivity contribution in [1.29, 1.82) is 0 Å². The molecule has 4 aromatic rings. The van der Waals surface area contributed by atoms with Gasteiger partial charge in [-0.25, -0.2) is 0 Å². The molecule has 0 heterocycles. The number of rotatable bonds is 8. The van der Waals surface area contributed by atoms with Gasteiger partial charge in [-0.3, -0.25) is 30.2 Å². The first-order valence-electron chi connectivity index (χ1n) is 11.0. The number of non-ortho nitro benzene ring substituents is 2. The molecular weight excluding hydrogens is 476 g/mol. The highest BCUT2D eigenvalue weighted by Crippen LogP contribution is 2.25. The number of aliphatic imine (C=N–C) groups is 2. The molecule has 0 saturated carbocycles. The van der Waals surface area contributed by atoms with E-state index in [0.29, 0.717) is 28.9 Å². The van der Waals surface area contributed by atoms with Crippen LogP contribution in [0.3, 0.4) is 0 Å². The van der Waals surface area contributed by atoms with Gasteiger partial charge in [0.15, 0.2) is 0 Å². The maximum absolute atomic E-state index is 11.0. The maximum Gasteiger partial charge on any atom is 0.271 e. The maximum atomic E-state index is 11.0. The normalized spacial score (nSPS) is 11.2. The van der Waals surface area contributed by atoms with Crippen LogP contribution in [-0.2, 0) is 6.42 Å². The first-order chi connectivity index (χ1) is 17.8. The molecular formula is C27H20N4O6. The average molecular weight is 496 g/mol. The summed E-state index contributed by atoms with van der Waals surface area (Å²) in [6.07, 6.45) is 3.34. The van der Waals surface area contributed by atoms with Gasteiger partial charge in [0.25, 0.3) is 11.4 Å². The molecule has 10 nitrogen and oxygen atoms in total. The molecule has 0 fully saturated rings. The van der Waals surface area contributed by atoms with E-state index in [0.717, 1.165) is 11.1 Å². The number of aromatic hydroxyl groups is 2. The van der Waals surface area contributed by atoms with Crippen molar-refractivity contribution in [2.75, 3.05) is 0 Å². The summed E-state index contributed by atoms with van der Waals surface area (Å²) in [5.41, 5.74) is 3.19. The van der Waals surface area contributed by atoms with E-state index in [-0.39, 0.29) is 22.9 Å².